The molecule has 0 saturated carbocycles. The van der Waals surface area contributed by atoms with Crippen molar-refractivity contribution in [1.29, 1.82) is 0 Å². The van der Waals surface area contributed by atoms with Crippen molar-refractivity contribution in [2.45, 2.75) is 32.4 Å². The minimum atomic E-state index is -0.322. The molecule has 1 N–H and O–H groups in total. The normalized spacial score (nSPS) is 16.2. The summed E-state index contributed by atoms with van der Waals surface area (Å²) < 4.78 is 18.7. The fourth-order valence-electron chi connectivity index (χ4n) is 2.36. The van der Waals surface area contributed by atoms with E-state index in [4.69, 9.17) is 4.74 Å². The van der Waals surface area contributed by atoms with Crippen molar-refractivity contribution in [3.63, 3.8) is 0 Å². The minimum absolute atomic E-state index is 0.0939. The topological polar surface area (TPSA) is 41.6 Å². The summed E-state index contributed by atoms with van der Waals surface area (Å²) in [6, 6.07) is 4.44. The second kappa shape index (κ2) is 6.70. The molecule has 1 saturated heterocycles. The van der Waals surface area contributed by atoms with Gasteiger partial charge in [-0.25, -0.2) is 4.39 Å². The molecule has 1 aromatic rings. The third-order valence-electron chi connectivity index (χ3n) is 3.65. The highest BCUT2D eigenvalue weighted by molar-refractivity contribution is 5.81. The standard InChI is InChI=1S/C15H21FN2O2/c1-11(15(19)18-7-3-4-8-18)17-10-12-5-6-13(20-2)9-14(12)16/h5-6,9,11,17H,3-4,7-8,10H2,1-2H3. The van der Waals surface area contributed by atoms with Crippen LogP contribution in [0.2, 0.25) is 0 Å². The van der Waals surface area contributed by atoms with Gasteiger partial charge in [0, 0.05) is 31.3 Å². The Bertz CT molecular complexity index is 473. The van der Waals surface area contributed by atoms with Crippen LogP contribution in [0.1, 0.15) is 25.3 Å². The molecular weight excluding hydrogens is 259 g/mol. The Balaban J connectivity index is 1.89. The molecule has 0 aliphatic carbocycles. The second-order valence-corrected chi connectivity index (χ2v) is 5.09. The molecule has 20 heavy (non-hydrogen) atoms. The van der Waals surface area contributed by atoms with Gasteiger partial charge in [0.25, 0.3) is 0 Å². The highest BCUT2D eigenvalue weighted by Crippen LogP contribution is 2.16. The molecule has 110 valence electrons. The predicted molar refractivity (Wildman–Crippen MR) is 75.1 cm³/mol. The number of amides is 1. The fourth-order valence-corrected chi connectivity index (χ4v) is 2.36. The molecule has 0 aromatic heterocycles. The average molecular weight is 280 g/mol. The van der Waals surface area contributed by atoms with E-state index in [1.807, 2.05) is 11.8 Å². The van der Waals surface area contributed by atoms with Crippen LogP contribution in [0.15, 0.2) is 18.2 Å². The van der Waals surface area contributed by atoms with Gasteiger partial charge in [-0.1, -0.05) is 6.07 Å². The van der Waals surface area contributed by atoms with Gasteiger partial charge in [0.15, 0.2) is 0 Å². The zero-order valence-corrected chi connectivity index (χ0v) is 12.0. The van der Waals surface area contributed by atoms with Gasteiger partial charge in [-0.2, -0.15) is 0 Å². The molecule has 1 aliphatic heterocycles. The Labute approximate surface area is 118 Å². The summed E-state index contributed by atoms with van der Waals surface area (Å²) in [5.41, 5.74) is 0.534. The van der Waals surface area contributed by atoms with Crippen LogP contribution < -0.4 is 10.1 Å². The maximum Gasteiger partial charge on any atom is 0.239 e. The number of nitrogens with one attached hydrogen (secondary N) is 1. The van der Waals surface area contributed by atoms with Gasteiger partial charge in [-0.3, -0.25) is 4.79 Å². The second-order valence-electron chi connectivity index (χ2n) is 5.09. The average Bonchev–Trinajstić information content (AvgIpc) is 2.98. The van der Waals surface area contributed by atoms with E-state index in [9.17, 15) is 9.18 Å². The van der Waals surface area contributed by atoms with Gasteiger partial charge in [-0.05, 0) is 25.8 Å². The lowest BCUT2D eigenvalue weighted by atomic mass is 10.2. The van der Waals surface area contributed by atoms with Gasteiger partial charge in [0.2, 0.25) is 5.91 Å². The van der Waals surface area contributed by atoms with Gasteiger partial charge >= 0.3 is 0 Å². The van der Waals surface area contributed by atoms with Crippen LogP contribution in [0.3, 0.4) is 0 Å². The summed E-state index contributed by atoms with van der Waals surface area (Å²) >= 11 is 0. The number of halogens is 1. The minimum Gasteiger partial charge on any atom is -0.497 e. The summed E-state index contributed by atoms with van der Waals surface area (Å²) in [4.78, 5) is 14.0. The smallest absolute Gasteiger partial charge is 0.239 e. The number of nitrogens with zero attached hydrogens (tertiary/aromatic N) is 1. The Morgan fingerprint density at radius 1 is 1.45 bits per heavy atom. The summed E-state index contributed by atoms with van der Waals surface area (Å²) in [7, 11) is 1.50. The zero-order chi connectivity index (χ0) is 14.5. The number of benzene rings is 1. The van der Waals surface area contributed by atoms with Crippen molar-refractivity contribution in [2.24, 2.45) is 0 Å². The molecule has 1 atom stereocenters. The van der Waals surface area contributed by atoms with Crippen LogP contribution in [-0.4, -0.2) is 37.0 Å². The Morgan fingerprint density at radius 3 is 2.75 bits per heavy atom. The zero-order valence-electron chi connectivity index (χ0n) is 12.0. The van der Waals surface area contributed by atoms with E-state index in [2.05, 4.69) is 5.32 Å². The van der Waals surface area contributed by atoms with Crippen LogP contribution in [0.5, 0.6) is 5.75 Å². The molecule has 1 unspecified atom stereocenters. The summed E-state index contributed by atoms with van der Waals surface area (Å²) in [5.74, 6) is 0.265. The van der Waals surface area contributed by atoms with Crippen molar-refractivity contribution in [3.05, 3.63) is 29.6 Å². The lowest BCUT2D eigenvalue weighted by molar-refractivity contribution is -0.131. The molecule has 0 spiro atoms. The molecule has 1 fully saturated rings. The van der Waals surface area contributed by atoms with Crippen LogP contribution in [-0.2, 0) is 11.3 Å². The molecular formula is C15H21FN2O2. The number of likely N-dealkylation sites (tertiary alicyclic amines) is 1. The Hall–Kier alpha value is -1.62. The van der Waals surface area contributed by atoms with Crippen LogP contribution >= 0.6 is 0 Å². The van der Waals surface area contributed by atoms with Crippen molar-refractivity contribution in [2.75, 3.05) is 20.2 Å². The molecule has 2 rings (SSSR count). The van der Waals surface area contributed by atoms with E-state index in [1.54, 1.807) is 12.1 Å². The SMILES string of the molecule is COc1ccc(CNC(C)C(=O)N2CCCC2)c(F)c1. The summed E-state index contributed by atoms with van der Waals surface area (Å²) in [5, 5.41) is 3.08. The maximum atomic E-state index is 13.8. The lowest BCUT2D eigenvalue weighted by Crippen LogP contribution is -2.43. The molecule has 0 radical (unpaired) electrons. The third kappa shape index (κ3) is 3.48. The molecule has 1 amide bonds. The lowest BCUT2D eigenvalue weighted by Gasteiger charge is -2.21. The maximum absolute atomic E-state index is 13.8. The van der Waals surface area contributed by atoms with Gasteiger partial charge in [-0.15, -0.1) is 0 Å². The summed E-state index contributed by atoms with van der Waals surface area (Å²) in [6.45, 7) is 3.82. The van der Waals surface area contributed by atoms with Crippen molar-refractivity contribution in [1.82, 2.24) is 10.2 Å². The molecule has 4 nitrogen and oxygen atoms in total. The Kier molecular flexibility index (Phi) is 4.95. The number of ether oxygens (including phenoxy) is 1. The number of carbonyl (C=O) groups is 1. The first-order chi connectivity index (χ1) is 9.61. The number of hydrogen-bond acceptors (Lipinski definition) is 3. The summed E-state index contributed by atoms with van der Waals surface area (Å²) in [6.07, 6.45) is 2.15. The number of hydrogen-bond donors (Lipinski definition) is 1. The van der Waals surface area contributed by atoms with Gasteiger partial charge < -0.3 is 15.0 Å². The highest BCUT2D eigenvalue weighted by Gasteiger charge is 2.22. The first kappa shape index (κ1) is 14.8. The molecule has 5 heteroatoms. The Morgan fingerprint density at radius 2 is 2.15 bits per heavy atom. The van der Waals surface area contributed by atoms with E-state index in [1.165, 1.54) is 13.2 Å². The molecule has 0 bridgehead atoms. The number of rotatable bonds is 5. The fraction of sp³-hybridized carbons (Fsp3) is 0.533. The number of methoxy groups -OCH3 is 1. The first-order valence-electron chi connectivity index (χ1n) is 6.96. The highest BCUT2D eigenvalue weighted by atomic mass is 19.1. The van der Waals surface area contributed by atoms with E-state index in [-0.39, 0.29) is 17.8 Å². The van der Waals surface area contributed by atoms with Crippen LogP contribution in [0.4, 0.5) is 4.39 Å². The first-order valence-corrected chi connectivity index (χ1v) is 6.96. The van der Waals surface area contributed by atoms with Crippen LogP contribution in [0, 0.1) is 5.82 Å². The predicted octanol–water partition coefficient (Wildman–Crippen LogP) is 1.93. The monoisotopic (exact) mass is 280 g/mol. The number of carbonyl (C=O) groups excluding carboxylic acids is 1. The van der Waals surface area contributed by atoms with Crippen molar-refractivity contribution in [3.8, 4) is 5.75 Å². The van der Waals surface area contributed by atoms with Crippen molar-refractivity contribution < 1.29 is 13.9 Å². The van der Waals surface area contributed by atoms with E-state index < -0.39 is 0 Å². The van der Waals surface area contributed by atoms with Gasteiger partial charge in [0.1, 0.15) is 11.6 Å². The van der Waals surface area contributed by atoms with Crippen LogP contribution in [0.25, 0.3) is 0 Å². The third-order valence-corrected chi connectivity index (χ3v) is 3.65. The van der Waals surface area contributed by atoms with E-state index >= 15 is 0 Å². The molecule has 1 aliphatic rings. The van der Waals surface area contributed by atoms with Gasteiger partial charge in [0.05, 0.1) is 13.2 Å². The quantitative estimate of drug-likeness (QED) is 0.896. The molecule has 1 aromatic carbocycles. The van der Waals surface area contributed by atoms with Crippen molar-refractivity contribution >= 4 is 5.91 Å². The van der Waals surface area contributed by atoms with E-state index in [0.717, 1.165) is 25.9 Å². The van der Waals surface area contributed by atoms with E-state index in [0.29, 0.717) is 17.9 Å². The largest absolute Gasteiger partial charge is 0.497 e. The molecule has 1 heterocycles.